The summed E-state index contributed by atoms with van der Waals surface area (Å²) in [7, 11) is 0. The maximum atomic E-state index is 7.06. The average Bonchev–Trinajstić information content (AvgIpc) is 1.47. The maximum Gasteiger partial charge on any atom is 0.252 e. The van der Waals surface area contributed by atoms with Crippen LogP contribution >= 0.6 is 0 Å². The van der Waals surface area contributed by atoms with Gasteiger partial charge in [-0.05, 0) is 227 Å². The zero-order valence-electron chi connectivity index (χ0n) is 72.8. The van der Waals surface area contributed by atoms with Gasteiger partial charge in [-0.2, -0.15) is 0 Å². The predicted molar refractivity (Wildman–Crippen MR) is 506 cm³/mol. The van der Waals surface area contributed by atoms with Crippen molar-refractivity contribution in [2.45, 2.75) is 189 Å². The van der Waals surface area contributed by atoms with Crippen molar-refractivity contribution in [2.75, 3.05) is 9.80 Å². The lowest BCUT2D eigenvalue weighted by Gasteiger charge is -2.46. The lowest BCUT2D eigenvalue weighted by Crippen LogP contribution is -2.61. The van der Waals surface area contributed by atoms with Crippen LogP contribution in [0.3, 0.4) is 0 Å². The summed E-state index contributed by atoms with van der Waals surface area (Å²) in [5, 5.41) is 4.75. The second-order valence-corrected chi connectivity index (χ2v) is 41.8. The first-order valence-electron chi connectivity index (χ1n) is 42.9. The molecule has 2 aliphatic heterocycles. The summed E-state index contributed by atoms with van der Waals surface area (Å²) >= 11 is 0. The van der Waals surface area contributed by atoms with Crippen molar-refractivity contribution >= 4 is 101 Å². The maximum absolute atomic E-state index is 7.06. The zero-order chi connectivity index (χ0) is 82.4. The number of para-hydroxylation sites is 3. The van der Waals surface area contributed by atoms with Crippen molar-refractivity contribution < 1.29 is 4.42 Å². The van der Waals surface area contributed by atoms with Gasteiger partial charge < -0.3 is 18.8 Å². The lowest BCUT2D eigenvalue weighted by molar-refractivity contribution is 0.568. The molecule has 16 aromatic rings. The normalized spacial score (nSPS) is 14.3. The molecular formula is C113H108BN3O. The Bertz CT molecular complexity index is 6810. The molecule has 118 heavy (non-hydrogen) atoms. The zero-order valence-corrected chi connectivity index (χ0v) is 72.8. The minimum absolute atomic E-state index is 0.128. The molecule has 0 saturated heterocycles. The molecule has 584 valence electrons. The predicted octanol–water partition coefficient (Wildman–Crippen LogP) is 29.2. The number of fused-ring (bicyclic) bond motifs is 21. The SMILES string of the molecule is CC(C)(C)c1cc(-c2cc(C(C)(C)C)ccc2N2c3ccc(-c4cccc5c4oc4ccccc45)cc3B3c4ccc(-n5c6ccccc6c6c7c(ccc65)-c5ccccc5C75c6ccccc6-c6ccccc65)cc4N(c4ccc(C(C)(C)C)cc4-c4cc(C(C)(C)C)cc(C(C)(C)C)c4)c4cc(C(C)(C)C)cc2c43)cc(C(C)(C)C)c1. The Kier molecular flexibility index (Phi) is 16.3. The van der Waals surface area contributed by atoms with Crippen LogP contribution in [0.15, 0.2) is 277 Å². The Labute approximate surface area is 699 Å². The van der Waals surface area contributed by atoms with E-state index in [1.165, 1.54) is 155 Å². The van der Waals surface area contributed by atoms with E-state index in [-0.39, 0.29) is 44.6 Å². The summed E-state index contributed by atoms with van der Waals surface area (Å²) in [6, 6.07) is 107. The number of hydrogen-bond donors (Lipinski definition) is 0. The number of furan rings is 1. The van der Waals surface area contributed by atoms with Gasteiger partial charge in [-0.3, -0.25) is 0 Å². The van der Waals surface area contributed by atoms with Crippen LogP contribution in [-0.4, -0.2) is 11.3 Å². The molecule has 2 aromatic heterocycles. The van der Waals surface area contributed by atoms with Crippen molar-refractivity contribution in [1.82, 2.24) is 4.57 Å². The molecule has 1 spiro atoms. The highest BCUT2D eigenvalue weighted by molar-refractivity contribution is 7.00. The molecule has 4 heterocycles. The smallest absolute Gasteiger partial charge is 0.252 e. The van der Waals surface area contributed by atoms with Gasteiger partial charge >= 0.3 is 0 Å². The number of hydrogen-bond acceptors (Lipinski definition) is 3. The third-order valence-electron chi connectivity index (χ3n) is 26.8. The fourth-order valence-electron chi connectivity index (χ4n) is 20.3. The third kappa shape index (κ3) is 11.4. The van der Waals surface area contributed by atoms with Gasteiger partial charge in [0.05, 0.1) is 27.8 Å². The van der Waals surface area contributed by atoms with E-state index in [0.717, 1.165) is 61.5 Å². The number of aromatic nitrogens is 1. The van der Waals surface area contributed by atoms with E-state index >= 15 is 0 Å². The summed E-state index contributed by atoms with van der Waals surface area (Å²) < 4.78 is 9.69. The number of anilines is 6. The molecule has 0 unspecified atom stereocenters. The molecule has 20 rings (SSSR count). The number of nitrogens with zero attached hydrogens (tertiary/aromatic N) is 3. The molecule has 2 aliphatic carbocycles. The van der Waals surface area contributed by atoms with Crippen LogP contribution < -0.4 is 26.2 Å². The summed E-state index contributed by atoms with van der Waals surface area (Å²) in [5.41, 5.74) is 40.8. The molecule has 14 aromatic carbocycles. The first-order valence-corrected chi connectivity index (χ1v) is 42.9. The molecule has 4 aliphatic rings. The first kappa shape index (κ1) is 75.1. The van der Waals surface area contributed by atoms with Crippen LogP contribution in [0.2, 0.25) is 0 Å². The van der Waals surface area contributed by atoms with Gasteiger partial charge in [-0.15, -0.1) is 0 Å². The van der Waals surface area contributed by atoms with Crippen LogP contribution in [0.1, 0.15) is 207 Å². The fraction of sp³-hybridized carbons (Fsp3) is 0.257. The summed E-state index contributed by atoms with van der Waals surface area (Å²) in [4.78, 5) is 5.46. The lowest BCUT2D eigenvalue weighted by atomic mass is 9.33. The molecule has 0 fully saturated rings. The van der Waals surface area contributed by atoms with E-state index in [1.54, 1.807) is 0 Å². The van der Waals surface area contributed by atoms with E-state index in [9.17, 15) is 0 Å². The van der Waals surface area contributed by atoms with Gasteiger partial charge in [0, 0.05) is 66.7 Å². The highest BCUT2D eigenvalue weighted by Crippen LogP contribution is 2.65. The molecule has 0 N–H and O–H groups in total. The fourth-order valence-corrected chi connectivity index (χ4v) is 20.3. The summed E-state index contributed by atoms with van der Waals surface area (Å²) in [5.74, 6) is 0. The Morgan fingerprint density at radius 1 is 0.271 bits per heavy atom. The van der Waals surface area contributed by atoms with E-state index in [2.05, 4.69) is 433 Å². The van der Waals surface area contributed by atoms with E-state index in [4.69, 9.17) is 4.42 Å². The number of benzene rings is 14. The average molecular weight is 1530 g/mol. The highest BCUT2D eigenvalue weighted by atomic mass is 16.3. The quantitative estimate of drug-likeness (QED) is 0.155. The highest BCUT2D eigenvalue weighted by Gasteiger charge is 2.54. The van der Waals surface area contributed by atoms with E-state index in [1.807, 2.05) is 0 Å². The number of rotatable bonds is 6. The van der Waals surface area contributed by atoms with Crippen molar-refractivity contribution in [3.63, 3.8) is 0 Å². The first-order chi connectivity index (χ1) is 55.9. The summed E-state index contributed by atoms with van der Waals surface area (Å²) in [6.07, 6.45) is 0. The Hall–Kier alpha value is -11.7. The minimum atomic E-state index is -0.572. The molecule has 0 atom stereocenters. The molecule has 0 amide bonds. The van der Waals surface area contributed by atoms with Crippen LogP contribution in [0.4, 0.5) is 34.1 Å². The minimum Gasteiger partial charge on any atom is -0.455 e. The van der Waals surface area contributed by atoms with Crippen molar-refractivity contribution in [2.24, 2.45) is 0 Å². The van der Waals surface area contributed by atoms with Crippen LogP contribution in [0, 0.1) is 0 Å². The molecular weight excluding hydrogens is 1430 g/mol. The van der Waals surface area contributed by atoms with Crippen molar-refractivity contribution in [1.29, 1.82) is 0 Å². The molecule has 0 radical (unpaired) electrons. The largest absolute Gasteiger partial charge is 0.455 e. The summed E-state index contributed by atoms with van der Waals surface area (Å²) in [6.45, 7) is 49.7. The Balaban J connectivity index is 0.934. The molecule has 5 heteroatoms. The van der Waals surface area contributed by atoms with E-state index < -0.39 is 5.41 Å². The second-order valence-electron chi connectivity index (χ2n) is 41.8. The van der Waals surface area contributed by atoms with Crippen LogP contribution in [-0.2, 0) is 43.3 Å². The van der Waals surface area contributed by atoms with E-state index in [0.29, 0.717) is 0 Å². The van der Waals surface area contributed by atoms with Gasteiger partial charge in [-0.1, -0.05) is 346 Å². The van der Waals surface area contributed by atoms with Gasteiger partial charge in [-0.25, -0.2) is 0 Å². The third-order valence-corrected chi connectivity index (χ3v) is 26.8. The molecule has 4 nitrogen and oxygen atoms in total. The second kappa shape index (κ2) is 25.7. The van der Waals surface area contributed by atoms with Gasteiger partial charge in [0.2, 0.25) is 0 Å². The Morgan fingerprint density at radius 3 is 1.24 bits per heavy atom. The van der Waals surface area contributed by atoms with Crippen LogP contribution in [0.25, 0.3) is 105 Å². The topological polar surface area (TPSA) is 24.6 Å². The standard InChI is InChI=1S/C113H108BN3O/c1-106(2,3)70-46-52-94(86(62-70)68-55-72(108(7,8)9)60-73(56-68)109(10,11)12)116-96-51-45-67(78-38-32-39-84-82-36-26-31-44-101(82)118-105(78)84)59-92(96)114-91-50-48-77(115-93-43-30-25-37-85(93)102-97(115)54-49-83-81-35-24-29-42-90(81)113(103(83)102)88-40-27-22-33-79(88)80-34-23-28-41-89(80)113)66-98(91)117(100-65-76(112(19,20)21)64-99(116)104(100)114)95-53-47-71(107(4,5)6)63-87(95)69-57-74(110(13,14)15)61-75(58-69)111(16,17)18/h22-66H,1-21H3. The molecule has 0 bridgehead atoms. The van der Waals surface area contributed by atoms with Gasteiger partial charge in [0.1, 0.15) is 11.2 Å². The van der Waals surface area contributed by atoms with Gasteiger partial charge in [0.25, 0.3) is 6.71 Å². The van der Waals surface area contributed by atoms with Crippen molar-refractivity contribution in [3.05, 3.63) is 334 Å². The Morgan fingerprint density at radius 2 is 0.712 bits per heavy atom. The monoisotopic (exact) mass is 1530 g/mol. The van der Waals surface area contributed by atoms with Crippen LogP contribution in [0.5, 0.6) is 0 Å². The van der Waals surface area contributed by atoms with Gasteiger partial charge in [0.15, 0.2) is 0 Å². The molecule has 0 saturated carbocycles. The van der Waals surface area contributed by atoms with Crippen molar-refractivity contribution in [3.8, 4) is 61.3 Å².